The molecule has 27 heavy (non-hydrogen) atoms. The molecule has 2 atom stereocenters. The zero-order valence-electron chi connectivity index (χ0n) is 15.8. The van der Waals surface area contributed by atoms with Crippen LogP contribution in [0.2, 0.25) is 0 Å². The summed E-state index contributed by atoms with van der Waals surface area (Å²) in [5.41, 5.74) is 1.30. The van der Waals surface area contributed by atoms with Crippen molar-refractivity contribution >= 4 is 21.7 Å². The minimum Gasteiger partial charge on any atom is -0.478 e. The fourth-order valence-corrected chi connectivity index (χ4v) is 4.18. The molecule has 0 saturated heterocycles. The first-order valence-corrected chi connectivity index (χ1v) is 10.4. The summed E-state index contributed by atoms with van der Waals surface area (Å²) >= 11 is 0. The van der Waals surface area contributed by atoms with Crippen molar-refractivity contribution in [1.29, 1.82) is 0 Å². The fourth-order valence-electron chi connectivity index (χ4n) is 2.88. The summed E-state index contributed by atoms with van der Waals surface area (Å²) in [5, 5.41) is 12.7. The van der Waals surface area contributed by atoms with Gasteiger partial charge in [0.1, 0.15) is 0 Å². The highest BCUT2D eigenvalue weighted by molar-refractivity contribution is 7.89. The Morgan fingerprint density at radius 2 is 1.78 bits per heavy atom. The van der Waals surface area contributed by atoms with E-state index in [1.54, 1.807) is 6.92 Å². The van der Waals surface area contributed by atoms with Gasteiger partial charge in [0.25, 0.3) is 0 Å². The fraction of sp³-hybridized carbons (Fsp3) is 0.350. The van der Waals surface area contributed by atoms with Crippen LogP contribution in [0.1, 0.15) is 55.6 Å². The average molecular weight is 391 g/mol. The lowest BCUT2D eigenvalue weighted by Gasteiger charge is -2.19. The van der Waals surface area contributed by atoms with E-state index in [0.717, 1.165) is 12.0 Å². The van der Waals surface area contributed by atoms with Gasteiger partial charge in [0.2, 0.25) is 10.0 Å². The summed E-state index contributed by atoms with van der Waals surface area (Å²) in [6.07, 6.45) is 1.56. The van der Waals surface area contributed by atoms with Gasteiger partial charge in [-0.15, -0.1) is 0 Å². The molecule has 0 amide bonds. The van der Waals surface area contributed by atoms with Crippen molar-refractivity contribution in [2.45, 2.75) is 50.6 Å². The molecule has 0 aliphatic rings. The third kappa shape index (κ3) is 5.55. The van der Waals surface area contributed by atoms with Crippen molar-refractivity contribution < 1.29 is 18.3 Å². The second-order valence-electron chi connectivity index (χ2n) is 6.60. The number of sulfonamides is 1. The molecule has 7 heteroatoms. The molecule has 0 aliphatic heterocycles. The lowest BCUT2D eigenvalue weighted by atomic mass is 10.1. The number of hydrogen-bond acceptors (Lipinski definition) is 4. The van der Waals surface area contributed by atoms with Crippen molar-refractivity contribution in [3.05, 3.63) is 59.7 Å². The van der Waals surface area contributed by atoms with Gasteiger partial charge in [0.15, 0.2) is 0 Å². The Labute approximate surface area is 160 Å². The predicted octanol–water partition coefficient (Wildman–Crippen LogP) is 4.02. The van der Waals surface area contributed by atoms with Crippen molar-refractivity contribution in [3.8, 4) is 0 Å². The van der Waals surface area contributed by atoms with Crippen LogP contribution in [0.3, 0.4) is 0 Å². The number of aromatic carboxylic acids is 1. The third-order valence-electron chi connectivity index (χ3n) is 4.28. The number of carboxylic acid groups (broad SMARTS) is 1. The van der Waals surface area contributed by atoms with Gasteiger partial charge in [-0.05, 0) is 44.0 Å². The van der Waals surface area contributed by atoms with Gasteiger partial charge in [-0.1, -0.05) is 43.7 Å². The molecule has 0 spiro atoms. The number of carboxylic acids is 1. The first kappa shape index (κ1) is 20.9. The van der Waals surface area contributed by atoms with Crippen LogP contribution < -0.4 is 10.0 Å². The number of nitrogens with one attached hydrogen (secondary N) is 2. The van der Waals surface area contributed by atoms with Crippen molar-refractivity contribution in [1.82, 2.24) is 4.72 Å². The van der Waals surface area contributed by atoms with Crippen molar-refractivity contribution in [2.24, 2.45) is 0 Å². The summed E-state index contributed by atoms with van der Waals surface area (Å²) in [4.78, 5) is 11.6. The summed E-state index contributed by atoms with van der Waals surface area (Å²) < 4.78 is 27.6. The SMILES string of the molecule is CCCC(C)NS(=O)(=O)c1ccc(NC(C)c2ccccc2)c(C(=O)O)c1. The number of rotatable bonds is 9. The lowest BCUT2D eigenvalue weighted by Crippen LogP contribution is -2.32. The van der Waals surface area contributed by atoms with Gasteiger partial charge in [-0.25, -0.2) is 17.9 Å². The molecule has 2 unspecified atom stereocenters. The van der Waals surface area contributed by atoms with Crippen LogP contribution in [0.15, 0.2) is 53.4 Å². The molecule has 2 rings (SSSR count). The standard InChI is InChI=1S/C20H26N2O4S/c1-4-8-14(2)22-27(25,26)17-11-12-19(18(13-17)20(23)24)21-15(3)16-9-6-5-7-10-16/h5-7,9-15,21-22H,4,8H2,1-3H3,(H,23,24). The van der Waals surface area contributed by atoms with Crippen LogP contribution >= 0.6 is 0 Å². The van der Waals surface area contributed by atoms with E-state index in [0.29, 0.717) is 12.1 Å². The second-order valence-corrected chi connectivity index (χ2v) is 8.31. The maximum atomic E-state index is 12.5. The molecular weight excluding hydrogens is 364 g/mol. The summed E-state index contributed by atoms with van der Waals surface area (Å²) in [7, 11) is -3.78. The molecule has 146 valence electrons. The van der Waals surface area contributed by atoms with Gasteiger partial charge in [0.05, 0.1) is 10.5 Å². The molecule has 6 nitrogen and oxygen atoms in total. The maximum Gasteiger partial charge on any atom is 0.337 e. The minimum atomic E-state index is -3.78. The number of carbonyl (C=O) groups is 1. The minimum absolute atomic E-state index is 0.0548. The molecule has 0 heterocycles. The third-order valence-corrected chi connectivity index (χ3v) is 5.87. The quantitative estimate of drug-likeness (QED) is 0.601. The zero-order chi connectivity index (χ0) is 20.0. The highest BCUT2D eigenvalue weighted by Crippen LogP contribution is 2.25. The summed E-state index contributed by atoms with van der Waals surface area (Å²) in [5.74, 6) is -1.18. The largest absolute Gasteiger partial charge is 0.478 e. The van der Waals surface area contributed by atoms with E-state index in [-0.39, 0.29) is 22.5 Å². The number of anilines is 1. The molecule has 0 radical (unpaired) electrons. The topological polar surface area (TPSA) is 95.5 Å². The van der Waals surface area contributed by atoms with E-state index in [1.165, 1.54) is 18.2 Å². The predicted molar refractivity (Wildman–Crippen MR) is 107 cm³/mol. The smallest absolute Gasteiger partial charge is 0.337 e. The van der Waals surface area contributed by atoms with E-state index in [1.807, 2.05) is 44.2 Å². The number of benzene rings is 2. The maximum absolute atomic E-state index is 12.5. The van der Waals surface area contributed by atoms with Gasteiger partial charge < -0.3 is 10.4 Å². The monoisotopic (exact) mass is 390 g/mol. The molecule has 3 N–H and O–H groups in total. The Bertz CT molecular complexity index is 882. The normalized spacial score (nSPS) is 13.7. The van der Waals surface area contributed by atoms with Crippen LogP contribution in [-0.2, 0) is 10.0 Å². The van der Waals surface area contributed by atoms with Crippen LogP contribution in [0.25, 0.3) is 0 Å². The molecule has 2 aromatic carbocycles. The average Bonchev–Trinajstić information content (AvgIpc) is 2.62. The highest BCUT2D eigenvalue weighted by Gasteiger charge is 2.21. The Balaban J connectivity index is 2.30. The van der Waals surface area contributed by atoms with Crippen LogP contribution in [0.4, 0.5) is 5.69 Å². The molecule has 0 aliphatic carbocycles. The van der Waals surface area contributed by atoms with Gasteiger partial charge in [0, 0.05) is 17.8 Å². The molecular formula is C20H26N2O4S. The first-order chi connectivity index (χ1) is 12.7. The van der Waals surface area contributed by atoms with Crippen LogP contribution in [0.5, 0.6) is 0 Å². The molecule has 0 aromatic heterocycles. The Morgan fingerprint density at radius 1 is 1.11 bits per heavy atom. The zero-order valence-corrected chi connectivity index (χ0v) is 16.6. The Kier molecular flexibility index (Phi) is 6.98. The Morgan fingerprint density at radius 3 is 2.37 bits per heavy atom. The highest BCUT2D eigenvalue weighted by atomic mass is 32.2. The van der Waals surface area contributed by atoms with E-state index in [9.17, 15) is 18.3 Å². The van der Waals surface area contributed by atoms with E-state index < -0.39 is 16.0 Å². The summed E-state index contributed by atoms with van der Waals surface area (Å²) in [6.45, 7) is 5.68. The van der Waals surface area contributed by atoms with E-state index >= 15 is 0 Å². The van der Waals surface area contributed by atoms with Crippen LogP contribution in [0, 0.1) is 0 Å². The lowest BCUT2D eigenvalue weighted by molar-refractivity contribution is 0.0697. The molecule has 0 bridgehead atoms. The van der Waals surface area contributed by atoms with Crippen molar-refractivity contribution in [2.75, 3.05) is 5.32 Å². The Hall–Kier alpha value is -2.38. The van der Waals surface area contributed by atoms with Gasteiger partial charge in [-0.3, -0.25) is 0 Å². The molecule has 2 aromatic rings. The molecule has 0 saturated carbocycles. The van der Waals surface area contributed by atoms with Crippen molar-refractivity contribution in [3.63, 3.8) is 0 Å². The summed E-state index contributed by atoms with van der Waals surface area (Å²) in [6, 6.07) is 13.4. The second kappa shape index (κ2) is 9.01. The van der Waals surface area contributed by atoms with Gasteiger partial charge in [-0.2, -0.15) is 0 Å². The van der Waals surface area contributed by atoms with E-state index in [2.05, 4.69) is 10.0 Å². The number of hydrogen-bond donors (Lipinski definition) is 3. The van der Waals surface area contributed by atoms with Crippen LogP contribution in [-0.4, -0.2) is 25.5 Å². The van der Waals surface area contributed by atoms with E-state index in [4.69, 9.17) is 0 Å². The first-order valence-electron chi connectivity index (χ1n) is 8.95. The van der Waals surface area contributed by atoms with Gasteiger partial charge >= 0.3 is 5.97 Å². The molecule has 0 fully saturated rings.